The number of ether oxygens (including phenoxy) is 1. The fourth-order valence-corrected chi connectivity index (χ4v) is 5.26. The topological polar surface area (TPSA) is 95.9 Å². The van der Waals surface area contributed by atoms with E-state index in [0.717, 1.165) is 17.5 Å². The number of alkyl carbamates (subject to hydrolysis) is 1. The van der Waals surface area contributed by atoms with Crippen LogP contribution in [0.15, 0.2) is 48.5 Å². The van der Waals surface area contributed by atoms with Crippen LogP contribution in [-0.4, -0.2) is 53.7 Å². The smallest absolute Gasteiger partial charge is 0.407 e. The third-order valence-corrected chi connectivity index (χ3v) is 7.35. The van der Waals surface area contributed by atoms with Crippen molar-refractivity contribution >= 4 is 18.0 Å². The third-order valence-electron chi connectivity index (χ3n) is 7.35. The van der Waals surface area contributed by atoms with E-state index in [1.54, 1.807) is 4.90 Å². The number of carboxylic acids is 1. The minimum atomic E-state index is -0.864. The van der Waals surface area contributed by atoms with E-state index in [1.165, 1.54) is 11.1 Å². The lowest BCUT2D eigenvalue weighted by Crippen LogP contribution is -2.55. The summed E-state index contributed by atoms with van der Waals surface area (Å²) < 4.78 is 5.64. The van der Waals surface area contributed by atoms with Gasteiger partial charge in [0, 0.05) is 31.5 Å². The zero-order valence-electron chi connectivity index (χ0n) is 20.5. The van der Waals surface area contributed by atoms with Gasteiger partial charge in [0.05, 0.1) is 5.41 Å². The van der Waals surface area contributed by atoms with Crippen molar-refractivity contribution in [2.45, 2.75) is 57.9 Å². The summed E-state index contributed by atoms with van der Waals surface area (Å²) in [5.74, 6) is -0.891. The largest absolute Gasteiger partial charge is 0.481 e. The van der Waals surface area contributed by atoms with Crippen molar-refractivity contribution < 1.29 is 24.2 Å². The summed E-state index contributed by atoms with van der Waals surface area (Å²) in [5, 5.41) is 11.8. The SMILES string of the molecule is CC(C)N(CCCC(=O)O)C(=O)C1(CNC(=O)OCC2c3ccccc3-c3ccccc32)CCC1. The number of hydrogen-bond acceptors (Lipinski definition) is 4. The number of fused-ring (bicyclic) bond motifs is 3. The first-order valence-electron chi connectivity index (χ1n) is 12.4. The number of aliphatic carboxylic acids is 1. The summed E-state index contributed by atoms with van der Waals surface area (Å²) in [6.07, 6.45) is 2.26. The molecule has 2 N–H and O–H groups in total. The molecule has 2 aromatic carbocycles. The van der Waals surface area contributed by atoms with Crippen LogP contribution in [0.5, 0.6) is 0 Å². The van der Waals surface area contributed by atoms with Crippen LogP contribution in [0.4, 0.5) is 4.79 Å². The van der Waals surface area contributed by atoms with E-state index in [2.05, 4.69) is 29.6 Å². The first kappa shape index (κ1) is 24.8. The van der Waals surface area contributed by atoms with Crippen LogP contribution in [0, 0.1) is 5.41 Å². The van der Waals surface area contributed by atoms with Gasteiger partial charge in [0.15, 0.2) is 0 Å². The molecule has 2 aliphatic rings. The Hall–Kier alpha value is -3.35. The van der Waals surface area contributed by atoms with Gasteiger partial charge in [0.25, 0.3) is 0 Å². The minimum Gasteiger partial charge on any atom is -0.481 e. The molecule has 1 saturated carbocycles. The number of carbonyl (C=O) groups is 3. The number of carbonyl (C=O) groups excluding carboxylic acids is 2. The van der Waals surface area contributed by atoms with Gasteiger partial charge in [-0.3, -0.25) is 9.59 Å². The molecule has 0 unspecified atom stereocenters. The maximum absolute atomic E-state index is 13.4. The van der Waals surface area contributed by atoms with Gasteiger partial charge < -0.3 is 20.1 Å². The summed E-state index contributed by atoms with van der Waals surface area (Å²) in [7, 11) is 0. The third kappa shape index (κ3) is 5.19. The predicted molar refractivity (Wildman–Crippen MR) is 133 cm³/mol. The number of carboxylic acid groups (broad SMARTS) is 1. The molecular formula is C28H34N2O5. The van der Waals surface area contributed by atoms with E-state index in [0.29, 0.717) is 25.8 Å². The predicted octanol–water partition coefficient (Wildman–Crippen LogP) is 4.80. The lowest BCUT2D eigenvalue weighted by Gasteiger charge is -2.44. The second-order valence-corrected chi connectivity index (χ2v) is 9.90. The van der Waals surface area contributed by atoms with E-state index in [9.17, 15) is 14.4 Å². The molecule has 7 heteroatoms. The molecule has 0 saturated heterocycles. The standard InChI is InChI=1S/C28H34N2O5/c1-19(2)30(16-7-13-25(31)32)26(33)28(14-8-15-28)18-29-27(34)35-17-24-22-11-5-3-9-20(22)21-10-4-6-12-23(21)24/h3-6,9-12,19,24H,7-8,13-18H2,1-2H3,(H,29,34)(H,31,32). The number of amides is 2. The van der Waals surface area contributed by atoms with Gasteiger partial charge in [-0.25, -0.2) is 4.79 Å². The molecule has 0 radical (unpaired) electrons. The lowest BCUT2D eigenvalue weighted by atomic mass is 9.67. The maximum atomic E-state index is 13.4. The van der Waals surface area contributed by atoms with Crippen molar-refractivity contribution in [3.63, 3.8) is 0 Å². The van der Waals surface area contributed by atoms with E-state index in [-0.39, 0.29) is 37.4 Å². The van der Waals surface area contributed by atoms with E-state index in [1.807, 2.05) is 38.1 Å². The molecule has 0 atom stereocenters. The molecule has 2 aromatic rings. The zero-order valence-corrected chi connectivity index (χ0v) is 20.5. The zero-order chi connectivity index (χ0) is 25.0. The van der Waals surface area contributed by atoms with Gasteiger partial charge in [0.2, 0.25) is 5.91 Å². The molecule has 0 aliphatic heterocycles. The van der Waals surface area contributed by atoms with Crippen LogP contribution in [0.1, 0.15) is 63.0 Å². The minimum absolute atomic E-state index is 0.0110. The highest BCUT2D eigenvalue weighted by Crippen LogP contribution is 2.45. The molecule has 0 aromatic heterocycles. The Morgan fingerprint density at radius 2 is 1.66 bits per heavy atom. The van der Waals surface area contributed by atoms with Gasteiger partial charge in [-0.05, 0) is 55.4 Å². The van der Waals surface area contributed by atoms with Gasteiger partial charge in [0.1, 0.15) is 6.61 Å². The Bertz CT molecular complexity index is 1050. The molecular weight excluding hydrogens is 444 g/mol. The van der Waals surface area contributed by atoms with Crippen LogP contribution >= 0.6 is 0 Å². The molecule has 4 rings (SSSR count). The normalized spacial score (nSPS) is 15.6. The van der Waals surface area contributed by atoms with Gasteiger partial charge in [-0.1, -0.05) is 55.0 Å². The monoisotopic (exact) mass is 478 g/mol. The number of rotatable bonds is 10. The second-order valence-electron chi connectivity index (χ2n) is 9.90. The molecule has 1 fully saturated rings. The molecule has 0 spiro atoms. The van der Waals surface area contributed by atoms with Crippen molar-refractivity contribution in [2.24, 2.45) is 5.41 Å². The van der Waals surface area contributed by atoms with Crippen LogP contribution in [-0.2, 0) is 14.3 Å². The average molecular weight is 479 g/mol. The molecule has 35 heavy (non-hydrogen) atoms. The van der Waals surface area contributed by atoms with Crippen LogP contribution in [0.25, 0.3) is 11.1 Å². The first-order chi connectivity index (χ1) is 16.8. The Morgan fingerprint density at radius 1 is 1.06 bits per heavy atom. The Morgan fingerprint density at radius 3 is 2.17 bits per heavy atom. The van der Waals surface area contributed by atoms with E-state index >= 15 is 0 Å². The van der Waals surface area contributed by atoms with Crippen molar-refractivity contribution in [1.82, 2.24) is 10.2 Å². The first-order valence-corrected chi connectivity index (χ1v) is 12.4. The quantitative estimate of drug-likeness (QED) is 0.512. The number of nitrogens with one attached hydrogen (secondary N) is 1. The van der Waals surface area contributed by atoms with Crippen molar-refractivity contribution in [2.75, 3.05) is 19.7 Å². The summed E-state index contributed by atoms with van der Waals surface area (Å²) >= 11 is 0. The highest BCUT2D eigenvalue weighted by Gasteiger charge is 2.47. The summed E-state index contributed by atoms with van der Waals surface area (Å²) in [4.78, 5) is 38.7. The number of nitrogens with zero attached hydrogens (tertiary/aromatic N) is 1. The highest BCUT2D eigenvalue weighted by atomic mass is 16.5. The fraction of sp³-hybridized carbons (Fsp3) is 0.464. The van der Waals surface area contributed by atoms with Crippen molar-refractivity contribution in [3.05, 3.63) is 59.7 Å². The molecule has 2 amide bonds. The van der Waals surface area contributed by atoms with Gasteiger partial charge in [-0.2, -0.15) is 0 Å². The highest BCUT2D eigenvalue weighted by molar-refractivity contribution is 5.85. The van der Waals surface area contributed by atoms with Crippen LogP contribution in [0.2, 0.25) is 0 Å². The van der Waals surface area contributed by atoms with Crippen LogP contribution < -0.4 is 5.32 Å². The Kier molecular flexibility index (Phi) is 7.43. The molecule has 186 valence electrons. The fourth-order valence-electron chi connectivity index (χ4n) is 5.26. The molecule has 7 nitrogen and oxygen atoms in total. The van der Waals surface area contributed by atoms with E-state index in [4.69, 9.17) is 9.84 Å². The maximum Gasteiger partial charge on any atom is 0.407 e. The Balaban J connectivity index is 1.35. The number of benzene rings is 2. The number of hydrogen-bond donors (Lipinski definition) is 2. The van der Waals surface area contributed by atoms with Crippen molar-refractivity contribution in [3.8, 4) is 11.1 Å². The molecule has 0 bridgehead atoms. The van der Waals surface area contributed by atoms with Crippen LogP contribution in [0.3, 0.4) is 0 Å². The van der Waals surface area contributed by atoms with E-state index < -0.39 is 17.5 Å². The summed E-state index contributed by atoms with van der Waals surface area (Å²) in [6, 6.07) is 16.3. The average Bonchev–Trinajstić information content (AvgIpc) is 3.13. The lowest BCUT2D eigenvalue weighted by molar-refractivity contribution is -0.149. The Labute approximate surface area is 206 Å². The van der Waals surface area contributed by atoms with Gasteiger partial charge >= 0.3 is 12.1 Å². The second kappa shape index (κ2) is 10.5. The molecule has 0 heterocycles. The van der Waals surface area contributed by atoms with Crippen molar-refractivity contribution in [1.29, 1.82) is 0 Å². The van der Waals surface area contributed by atoms with Gasteiger partial charge in [-0.15, -0.1) is 0 Å². The molecule has 2 aliphatic carbocycles. The summed E-state index contributed by atoms with van der Waals surface area (Å²) in [5.41, 5.74) is 4.02. The summed E-state index contributed by atoms with van der Waals surface area (Å²) in [6.45, 7) is 4.72.